The molecule has 1 heterocycles. The summed E-state index contributed by atoms with van der Waals surface area (Å²) >= 11 is 0. The van der Waals surface area contributed by atoms with Crippen LogP contribution in [0.15, 0.2) is 47.6 Å². The Morgan fingerprint density at radius 2 is 1.82 bits per heavy atom. The Kier molecular flexibility index (Phi) is 10.6. The van der Waals surface area contributed by atoms with Gasteiger partial charge >= 0.3 is 35.5 Å². The second-order valence-corrected chi connectivity index (χ2v) is 11.1. The molecule has 2 fully saturated rings. The van der Waals surface area contributed by atoms with E-state index >= 15 is 0 Å². The van der Waals surface area contributed by atoms with Gasteiger partial charge in [0.05, 0.1) is 12.7 Å². The molecule has 3 atom stereocenters. The maximum absolute atomic E-state index is 12.1. The third-order valence-corrected chi connectivity index (χ3v) is 7.18. The predicted molar refractivity (Wildman–Crippen MR) is 127 cm³/mol. The Morgan fingerprint density at radius 3 is 2.38 bits per heavy atom. The average Bonchev–Trinajstić information content (AvgIpc) is 3.31. The first-order valence-corrected chi connectivity index (χ1v) is 12.5. The second-order valence-electron chi connectivity index (χ2n) is 9.63. The number of hydrogen-bond acceptors (Lipinski definition) is 6. The molecule has 0 spiro atoms. The normalized spacial score (nSPS) is 27.6. The van der Waals surface area contributed by atoms with Crippen molar-refractivity contribution >= 4 is 22.0 Å². The standard InChI is InChI=1S/C24H35NO7S.Na.H/c1-17(11-14-24-22(3,4)12-8-13-23(24,5)32-24)9-7-10-18(2)15-20(26)25-19(21(27)31-6)16-33(28,29)30;;/h7,9-11,14-15,19H,8,12-13,16H2,1-6H3,(H,25,26)(H,28,29,30);;/q;+1;-1/b10-7+,14-11+,17-9-,18-15+;;. The van der Waals surface area contributed by atoms with Crippen LogP contribution in [0, 0.1) is 5.41 Å². The first-order chi connectivity index (χ1) is 15.1. The number of esters is 1. The number of amides is 1. The molecule has 186 valence electrons. The van der Waals surface area contributed by atoms with Crippen molar-refractivity contribution in [3.05, 3.63) is 47.6 Å². The Balaban J connectivity index is 0.00000578. The maximum atomic E-state index is 12.1. The van der Waals surface area contributed by atoms with Crippen LogP contribution in [0.3, 0.4) is 0 Å². The molecule has 0 bridgehead atoms. The molecule has 10 heteroatoms. The minimum absolute atomic E-state index is 0. The zero-order valence-corrected chi connectivity index (χ0v) is 24.0. The van der Waals surface area contributed by atoms with Crippen molar-refractivity contribution in [2.45, 2.75) is 71.1 Å². The number of fused-ring (bicyclic) bond motifs is 1. The number of hydrogen-bond donors (Lipinski definition) is 2. The molecule has 1 amide bonds. The van der Waals surface area contributed by atoms with E-state index in [0.29, 0.717) is 5.57 Å². The van der Waals surface area contributed by atoms with Crippen molar-refractivity contribution in [1.29, 1.82) is 0 Å². The first kappa shape index (κ1) is 30.8. The summed E-state index contributed by atoms with van der Waals surface area (Å²) in [5.41, 5.74) is 1.36. The summed E-state index contributed by atoms with van der Waals surface area (Å²) in [5, 5.41) is 2.23. The van der Waals surface area contributed by atoms with Crippen molar-refractivity contribution in [2.75, 3.05) is 12.9 Å². The van der Waals surface area contributed by atoms with Crippen LogP contribution in [0.25, 0.3) is 0 Å². The van der Waals surface area contributed by atoms with Crippen LogP contribution in [0.1, 0.15) is 55.3 Å². The summed E-state index contributed by atoms with van der Waals surface area (Å²) in [4.78, 5) is 23.8. The van der Waals surface area contributed by atoms with Crippen LogP contribution in [0.2, 0.25) is 0 Å². The van der Waals surface area contributed by atoms with Gasteiger partial charge in [-0.05, 0) is 51.7 Å². The number of epoxide rings is 1. The molecule has 2 rings (SSSR count). The SMILES string of the molecule is COC(=O)C(CS(=O)(=O)O)NC(=O)/C=C(C)/C=C/C=C(C)\C=C\C12OC1(C)CCCC2(C)C.[H-].[Na+]. The average molecular weight is 506 g/mol. The van der Waals surface area contributed by atoms with Crippen molar-refractivity contribution in [3.63, 3.8) is 0 Å². The van der Waals surface area contributed by atoms with Gasteiger partial charge in [-0.15, -0.1) is 0 Å². The molecule has 0 aromatic rings. The van der Waals surface area contributed by atoms with Crippen LogP contribution >= 0.6 is 0 Å². The Morgan fingerprint density at radius 1 is 1.18 bits per heavy atom. The number of nitrogens with one attached hydrogen (secondary N) is 1. The molecule has 1 aliphatic heterocycles. The fourth-order valence-electron chi connectivity index (χ4n) is 4.56. The quantitative estimate of drug-likeness (QED) is 0.116. The van der Waals surface area contributed by atoms with E-state index in [0.717, 1.165) is 25.5 Å². The zero-order chi connectivity index (χ0) is 25.1. The van der Waals surface area contributed by atoms with Crippen LogP contribution in [0.5, 0.6) is 0 Å². The maximum Gasteiger partial charge on any atom is 1.00 e. The largest absolute Gasteiger partial charge is 1.00 e. The van der Waals surface area contributed by atoms with Gasteiger partial charge in [-0.2, -0.15) is 8.42 Å². The molecule has 0 aromatic carbocycles. The van der Waals surface area contributed by atoms with Gasteiger partial charge in [0.25, 0.3) is 10.1 Å². The summed E-state index contributed by atoms with van der Waals surface area (Å²) in [6.07, 6.45) is 14.2. The molecule has 1 aliphatic carbocycles. The fraction of sp³-hybridized carbons (Fsp3) is 0.583. The van der Waals surface area contributed by atoms with Crippen molar-refractivity contribution in [2.24, 2.45) is 5.41 Å². The molecule has 2 N–H and O–H groups in total. The topological polar surface area (TPSA) is 122 Å². The number of rotatable bonds is 9. The summed E-state index contributed by atoms with van der Waals surface area (Å²) in [6.45, 7) is 10.4. The second kappa shape index (κ2) is 11.7. The van der Waals surface area contributed by atoms with Crippen LogP contribution in [-0.4, -0.2) is 55.0 Å². The Hall–Kier alpha value is -1.23. The minimum Gasteiger partial charge on any atom is -1.00 e. The van der Waals surface area contributed by atoms with Gasteiger partial charge in [0, 0.05) is 11.5 Å². The predicted octanol–water partition coefficient (Wildman–Crippen LogP) is 0.391. The number of methoxy groups -OCH3 is 1. The van der Waals surface area contributed by atoms with Crippen molar-refractivity contribution in [1.82, 2.24) is 5.32 Å². The van der Waals surface area contributed by atoms with Crippen LogP contribution in [-0.2, 0) is 29.2 Å². The molecule has 0 aromatic heterocycles. The molecule has 0 radical (unpaired) electrons. The Labute approximate surface area is 226 Å². The van der Waals surface area contributed by atoms with Gasteiger partial charge in [0.15, 0.2) is 0 Å². The molecular formula is C24H36NNaO7S. The van der Waals surface area contributed by atoms with E-state index in [1.54, 1.807) is 19.1 Å². The molecule has 34 heavy (non-hydrogen) atoms. The van der Waals surface area contributed by atoms with Gasteiger partial charge in [-0.3, -0.25) is 9.35 Å². The summed E-state index contributed by atoms with van der Waals surface area (Å²) in [5.74, 6) is -2.62. The third kappa shape index (κ3) is 7.63. The molecule has 1 saturated heterocycles. The zero-order valence-electron chi connectivity index (χ0n) is 22.2. The van der Waals surface area contributed by atoms with Gasteiger partial charge in [0.1, 0.15) is 17.4 Å². The monoisotopic (exact) mass is 505 g/mol. The van der Waals surface area contributed by atoms with Crippen molar-refractivity contribution < 1.29 is 63.0 Å². The van der Waals surface area contributed by atoms with E-state index in [1.165, 1.54) is 12.5 Å². The smallest absolute Gasteiger partial charge is 1.00 e. The van der Waals surface area contributed by atoms with Gasteiger partial charge in [-0.1, -0.05) is 43.7 Å². The van der Waals surface area contributed by atoms with Gasteiger partial charge in [-0.25, -0.2) is 4.79 Å². The van der Waals surface area contributed by atoms with E-state index in [9.17, 15) is 18.0 Å². The number of allylic oxidation sites excluding steroid dienone is 6. The summed E-state index contributed by atoms with van der Waals surface area (Å²) in [6, 6.07) is -1.50. The molecule has 3 unspecified atom stereocenters. The van der Waals surface area contributed by atoms with Crippen molar-refractivity contribution in [3.8, 4) is 0 Å². The van der Waals surface area contributed by atoms with Gasteiger partial charge in [0.2, 0.25) is 5.91 Å². The van der Waals surface area contributed by atoms with E-state index in [4.69, 9.17) is 9.29 Å². The van der Waals surface area contributed by atoms with E-state index < -0.39 is 33.8 Å². The van der Waals surface area contributed by atoms with Crippen LogP contribution in [0.4, 0.5) is 0 Å². The number of ether oxygens (including phenoxy) is 2. The number of carbonyl (C=O) groups excluding carboxylic acids is 2. The van der Waals surface area contributed by atoms with E-state index in [-0.39, 0.29) is 47.6 Å². The Bertz CT molecular complexity index is 1020. The summed E-state index contributed by atoms with van der Waals surface area (Å²) in [7, 11) is -3.42. The molecule has 1 saturated carbocycles. The molecule has 8 nitrogen and oxygen atoms in total. The van der Waals surface area contributed by atoms with Crippen LogP contribution < -0.4 is 34.9 Å². The van der Waals surface area contributed by atoms with Gasteiger partial charge < -0.3 is 16.2 Å². The van der Waals surface area contributed by atoms with E-state index in [1.807, 2.05) is 13.0 Å². The number of carbonyl (C=O) groups is 2. The van der Waals surface area contributed by atoms with E-state index in [2.05, 4.69) is 43.0 Å². The third-order valence-electron chi connectivity index (χ3n) is 6.43. The first-order valence-electron chi connectivity index (χ1n) is 10.9. The molecule has 2 aliphatic rings. The molecular weight excluding hydrogens is 469 g/mol. The minimum atomic E-state index is -4.48. The fourth-order valence-corrected chi connectivity index (χ4v) is 5.20. The summed E-state index contributed by atoms with van der Waals surface area (Å²) < 4.78 is 41.7.